The van der Waals surface area contributed by atoms with Crippen molar-refractivity contribution >= 4 is 5.78 Å². The zero-order valence-corrected chi connectivity index (χ0v) is 11.2. The first-order chi connectivity index (χ1) is 7.34. The third-order valence-electron chi connectivity index (χ3n) is 3.08. The van der Waals surface area contributed by atoms with Gasteiger partial charge in [0.15, 0.2) is 0 Å². The van der Waals surface area contributed by atoms with Crippen molar-refractivity contribution in [1.29, 1.82) is 0 Å². The molecule has 0 aromatic rings. The number of aliphatic hydroxyl groups excluding tert-OH is 1. The number of hydrogen-bond acceptors (Lipinski definition) is 3. The minimum atomic E-state index is -0.174. The second kappa shape index (κ2) is 7.02. The molecule has 1 atom stereocenters. The van der Waals surface area contributed by atoms with Gasteiger partial charge < -0.3 is 9.84 Å². The van der Waals surface area contributed by atoms with Crippen LogP contribution in [0.4, 0.5) is 0 Å². The summed E-state index contributed by atoms with van der Waals surface area (Å²) in [5, 5.41) is 8.78. The van der Waals surface area contributed by atoms with E-state index in [4.69, 9.17) is 9.84 Å². The minimum absolute atomic E-state index is 0.0702. The lowest BCUT2D eigenvalue weighted by molar-refractivity contribution is -0.130. The molecule has 0 saturated heterocycles. The first-order valence-electron chi connectivity index (χ1n) is 6.11. The molecular weight excluding hydrogens is 204 g/mol. The maximum absolute atomic E-state index is 11.7. The Morgan fingerprint density at radius 3 is 2.31 bits per heavy atom. The van der Waals surface area contributed by atoms with Gasteiger partial charge in [-0.25, -0.2) is 0 Å². The van der Waals surface area contributed by atoms with Gasteiger partial charge in [0.2, 0.25) is 0 Å². The van der Waals surface area contributed by atoms with Gasteiger partial charge in [0.05, 0.1) is 12.2 Å². The fourth-order valence-corrected chi connectivity index (χ4v) is 1.37. The van der Waals surface area contributed by atoms with Crippen molar-refractivity contribution in [3.8, 4) is 0 Å². The number of aliphatic hydroxyl groups is 1. The first-order valence-corrected chi connectivity index (χ1v) is 6.11. The number of carbonyl (C=O) groups excluding carboxylic acids is 1. The molecule has 0 rings (SSSR count). The third-order valence-corrected chi connectivity index (χ3v) is 3.08. The monoisotopic (exact) mass is 230 g/mol. The van der Waals surface area contributed by atoms with Gasteiger partial charge >= 0.3 is 0 Å². The molecule has 0 fully saturated rings. The van der Waals surface area contributed by atoms with Crippen LogP contribution in [0.2, 0.25) is 0 Å². The van der Waals surface area contributed by atoms with E-state index in [0.717, 1.165) is 6.42 Å². The molecule has 3 nitrogen and oxygen atoms in total. The fourth-order valence-electron chi connectivity index (χ4n) is 1.37. The quantitative estimate of drug-likeness (QED) is 0.696. The number of ether oxygens (including phenoxy) is 1. The molecule has 0 aliphatic heterocycles. The van der Waals surface area contributed by atoms with Crippen molar-refractivity contribution < 1.29 is 14.6 Å². The standard InChI is InChI=1S/C13H26O3/c1-6-13(4,5)16-9-11(10(2)3)12(15)7-8-14/h10-11,14H,6-9H2,1-5H3. The lowest BCUT2D eigenvalue weighted by atomic mass is 9.90. The zero-order chi connectivity index (χ0) is 12.8. The van der Waals surface area contributed by atoms with E-state index in [1.54, 1.807) is 0 Å². The molecule has 16 heavy (non-hydrogen) atoms. The maximum Gasteiger partial charge on any atom is 0.140 e. The molecule has 1 N–H and O–H groups in total. The molecule has 0 radical (unpaired) electrons. The molecule has 96 valence electrons. The Morgan fingerprint density at radius 1 is 1.38 bits per heavy atom. The highest BCUT2D eigenvalue weighted by molar-refractivity contribution is 5.81. The summed E-state index contributed by atoms with van der Waals surface area (Å²) in [4.78, 5) is 11.7. The molecule has 1 unspecified atom stereocenters. The van der Waals surface area contributed by atoms with Gasteiger partial charge in [-0.2, -0.15) is 0 Å². The number of ketones is 1. The van der Waals surface area contributed by atoms with Crippen molar-refractivity contribution in [1.82, 2.24) is 0 Å². The first kappa shape index (κ1) is 15.6. The largest absolute Gasteiger partial charge is 0.396 e. The highest BCUT2D eigenvalue weighted by Crippen LogP contribution is 2.20. The average molecular weight is 230 g/mol. The van der Waals surface area contributed by atoms with E-state index < -0.39 is 0 Å². The second-order valence-corrected chi connectivity index (χ2v) is 5.21. The smallest absolute Gasteiger partial charge is 0.140 e. The van der Waals surface area contributed by atoms with Crippen molar-refractivity contribution in [3.63, 3.8) is 0 Å². The number of hydrogen-bond donors (Lipinski definition) is 1. The lowest BCUT2D eigenvalue weighted by Gasteiger charge is -2.28. The number of Topliss-reactive ketones (excluding diaryl/α,β-unsaturated/α-hetero) is 1. The van der Waals surface area contributed by atoms with E-state index in [-0.39, 0.29) is 36.2 Å². The van der Waals surface area contributed by atoms with Crippen LogP contribution in [0.5, 0.6) is 0 Å². The Balaban J connectivity index is 4.30. The highest BCUT2D eigenvalue weighted by Gasteiger charge is 2.25. The topological polar surface area (TPSA) is 46.5 Å². The number of carbonyl (C=O) groups is 1. The van der Waals surface area contributed by atoms with E-state index in [1.807, 2.05) is 27.7 Å². The molecule has 0 aromatic carbocycles. The predicted molar refractivity (Wildman–Crippen MR) is 65.4 cm³/mol. The highest BCUT2D eigenvalue weighted by atomic mass is 16.5. The fraction of sp³-hybridized carbons (Fsp3) is 0.923. The van der Waals surface area contributed by atoms with Gasteiger partial charge in [0.1, 0.15) is 5.78 Å². The Bertz CT molecular complexity index is 209. The Kier molecular flexibility index (Phi) is 6.84. The summed E-state index contributed by atoms with van der Waals surface area (Å²) in [5.41, 5.74) is -0.174. The van der Waals surface area contributed by atoms with Crippen molar-refractivity contribution in [2.75, 3.05) is 13.2 Å². The van der Waals surface area contributed by atoms with E-state index in [1.165, 1.54) is 0 Å². The van der Waals surface area contributed by atoms with Crippen LogP contribution in [-0.2, 0) is 9.53 Å². The van der Waals surface area contributed by atoms with Crippen LogP contribution in [-0.4, -0.2) is 29.7 Å². The minimum Gasteiger partial charge on any atom is -0.396 e. The van der Waals surface area contributed by atoms with Gasteiger partial charge in [0.25, 0.3) is 0 Å². The van der Waals surface area contributed by atoms with Crippen LogP contribution < -0.4 is 0 Å². The summed E-state index contributed by atoms with van der Waals surface area (Å²) < 4.78 is 5.77. The van der Waals surface area contributed by atoms with Crippen LogP contribution in [0.25, 0.3) is 0 Å². The van der Waals surface area contributed by atoms with Gasteiger partial charge in [-0.3, -0.25) is 4.79 Å². The summed E-state index contributed by atoms with van der Waals surface area (Å²) >= 11 is 0. The molecule has 0 aliphatic carbocycles. The number of rotatable bonds is 8. The molecule has 0 aliphatic rings. The Labute approximate surface area is 99.2 Å². The molecule has 0 amide bonds. The summed E-state index contributed by atoms with van der Waals surface area (Å²) in [6, 6.07) is 0. The third kappa shape index (κ3) is 5.61. The maximum atomic E-state index is 11.7. The Morgan fingerprint density at radius 2 is 1.94 bits per heavy atom. The van der Waals surface area contributed by atoms with Gasteiger partial charge in [0, 0.05) is 18.9 Å². The van der Waals surface area contributed by atoms with Crippen molar-refractivity contribution in [2.24, 2.45) is 11.8 Å². The van der Waals surface area contributed by atoms with E-state index in [0.29, 0.717) is 6.61 Å². The molecular formula is C13H26O3. The summed E-state index contributed by atoms with van der Waals surface area (Å²) in [5.74, 6) is 0.258. The molecule has 0 bridgehead atoms. The van der Waals surface area contributed by atoms with Gasteiger partial charge in [-0.05, 0) is 26.2 Å². The SMILES string of the molecule is CCC(C)(C)OCC(C(=O)CCO)C(C)C. The van der Waals surface area contributed by atoms with E-state index in [9.17, 15) is 4.79 Å². The molecule has 3 heteroatoms. The van der Waals surface area contributed by atoms with Crippen LogP contribution in [0.3, 0.4) is 0 Å². The van der Waals surface area contributed by atoms with Crippen LogP contribution >= 0.6 is 0 Å². The lowest BCUT2D eigenvalue weighted by Crippen LogP contribution is -2.32. The van der Waals surface area contributed by atoms with Gasteiger partial charge in [-0.1, -0.05) is 20.8 Å². The molecule has 0 spiro atoms. The summed E-state index contributed by atoms with van der Waals surface area (Å²) in [6.07, 6.45) is 1.16. The summed E-state index contributed by atoms with van der Waals surface area (Å²) in [7, 11) is 0. The van der Waals surface area contributed by atoms with Crippen molar-refractivity contribution in [3.05, 3.63) is 0 Å². The molecule has 0 saturated carbocycles. The van der Waals surface area contributed by atoms with Gasteiger partial charge in [-0.15, -0.1) is 0 Å². The summed E-state index contributed by atoms with van der Waals surface area (Å²) in [6.45, 7) is 10.5. The molecule has 0 heterocycles. The van der Waals surface area contributed by atoms with Crippen molar-refractivity contribution in [2.45, 2.75) is 53.1 Å². The Hall–Kier alpha value is -0.410. The normalized spacial score (nSPS) is 14.2. The van der Waals surface area contributed by atoms with Crippen LogP contribution in [0.15, 0.2) is 0 Å². The average Bonchev–Trinajstić information content (AvgIpc) is 2.17. The van der Waals surface area contributed by atoms with E-state index in [2.05, 4.69) is 6.92 Å². The van der Waals surface area contributed by atoms with E-state index >= 15 is 0 Å². The van der Waals surface area contributed by atoms with Crippen LogP contribution in [0, 0.1) is 11.8 Å². The predicted octanol–water partition coefficient (Wildman–Crippen LogP) is 2.42. The second-order valence-electron chi connectivity index (χ2n) is 5.21. The molecule has 0 aromatic heterocycles. The van der Waals surface area contributed by atoms with Crippen LogP contribution in [0.1, 0.15) is 47.5 Å². The zero-order valence-electron chi connectivity index (χ0n) is 11.2.